The van der Waals surface area contributed by atoms with Gasteiger partial charge >= 0.3 is 5.97 Å². The summed E-state index contributed by atoms with van der Waals surface area (Å²) in [7, 11) is -2.35. The highest BCUT2D eigenvalue weighted by Gasteiger charge is 2.22. The van der Waals surface area contributed by atoms with Crippen molar-refractivity contribution in [3.8, 4) is 6.07 Å². The van der Waals surface area contributed by atoms with Gasteiger partial charge in [0, 0.05) is 25.0 Å². The van der Waals surface area contributed by atoms with E-state index in [0.717, 1.165) is 12.8 Å². The first-order chi connectivity index (χ1) is 11.9. The second-order valence-electron chi connectivity index (χ2n) is 5.23. The van der Waals surface area contributed by atoms with Crippen LogP contribution >= 0.6 is 0 Å². The van der Waals surface area contributed by atoms with Gasteiger partial charge in [-0.25, -0.2) is 13.2 Å². The van der Waals surface area contributed by atoms with E-state index in [-0.39, 0.29) is 10.5 Å². The van der Waals surface area contributed by atoms with E-state index in [0.29, 0.717) is 18.8 Å². The number of nitrogens with zero attached hydrogens (tertiary/aromatic N) is 2. The van der Waals surface area contributed by atoms with E-state index < -0.39 is 16.0 Å². The maximum atomic E-state index is 12.7. The summed E-state index contributed by atoms with van der Waals surface area (Å²) < 4.78 is 31.3. The number of esters is 1. The highest BCUT2D eigenvalue weighted by molar-refractivity contribution is 7.89. The van der Waals surface area contributed by atoms with E-state index in [2.05, 4.69) is 10.1 Å². The molecular formula is C17H23N3O4S. The first-order valence-corrected chi connectivity index (χ1v) is 9.40. The zero-order valence-corrected chi connectivity index (χ0v) is 15.5. The van der Waals surface area contributed by atoms with Gasteiger partial charge in [0.25, 0.3) is 0 Å². The highest BCUT2D eigenvalue weighted by atomic mass is 32.2. The number of anilines is 1. The lowest BCUT2D eigenvalue weighted by Crippen LogP contribution is -2.32. The van der Waals surface area contributed by atoms with Crippen LogP contribution in [0.3, 0.4) is 0 Å². The molecule has 0 aromatic heterocycles. The van der Waals surface area contributed by atoms with Crippen molar-refractivity contribution in [2.75, 3.05) is 25.5 Å². The third-order valence-electron chi connectivity index (χ3n) is 3.35. The fourth-order valence-electron chi connectivity index (χ4n) is 2.13. The highest BCUT2D eigenvalue weighted by Crippen LogP contribution is 2.19. The number of methoxy groups -OCH3 is 1. The quantitative estimate of drug-likeness (QED) is 0.410. The maximum Gasteiger partial charge on any atom is 0.350 e. The van der Waals surface area contributed by atoms with Gasteiger partial charge in [-0.3, -0.25) is 0 Å². The van der Waals surface area contributed by atoms with E-state index in [1.54, 1.807) is 18.2 Å². The fraction of sp³-hybridized carbons (Fsp3) is 0.412. The number of nitriles is 1. The van der Waals surface area contributed by atoms with E-state index in [1.165, 1.54) is 29.7 Å². The third kappa shape index (κ3) is 5.59. The van der Waals surface area contributed by atoms with Crippen LogP contribution in [0, 0.1) is 11.3 Å². The molecule has 0 saturated heterocycles. The van der Waals surface area contributed by atoms with E-state index in [9.17, 15) is 13.2 Å². The number of rotatable bonds is 9. The van der Waals surface area contributed by atoms with Gasteiger partial charge in [0.2, 0.25) is 10.0 Å². The fourth-order valence-corrected chi connectivity index (χ4v) is 3.75. The number of benzene rings is 1. The average molecular weight is 365 g/mol. The standard InChI is InChI=1S/C17H23N3O4S/c1-4-10-20(11-5-2)25(22,23)16-8-6-15(7-9-16)19-13-14(12-18)17(21)24-3/h6-9,13,19H,4-5,10-11H2,1-3H3/b14-13-. The predicted molar refractivity (Wildman–Crippen MR) is 95.1 cm³/mol. The summed E-state index contributed by atoms with van der Waals surface area (Å²) in [5, 5.41) is 11.6. The molecule has 0 aliphatic heterocycles. The molecule has 7 nitrogen and oxygen atoms in total. The summed E-state index contributed by atoms with van der Waals surface area (Å²) >= 11 is 0. The zero-order valence-electron chi connectivity index (χ0n) is 14.7. The topological polar surface area (TPSA) is 99.5 Å². The van der Waals surface area contributed by atoms with Crippen LogP contribution in [0.5, 0.6) is 0 Å². The number of hydrogen-bond donors (Lipinski definition) is 1. The molecule has 0 bridgehead atoms. The van der Waals surface area contributed by atoms with Crippen LogP contribution in [0.4, 0.5) is 5.69 Å². The summed E-state index contributed by atoms with van der Waals surface area (Å²) in [6, 6.07) is 7.86. The summed E-state index contributed by atoms with van der Waals surface area (Å²) in [6.45, 7) is 4.82. The van der Waals surface area contributed by atoms with Crippen LogP contribution < -0.4 is 5.32 Å². The summed E-state index contributed by atoms with van der Waals surface area (Å²) in [4.78, 5) is 11.5. The molecule has 0 atom stereocenters. The number of carbonyl (C=O) groups is 1. The number of ether oxygens (including phenoxy) is 1. The minimum Gasteiger partial charge on any atom is -0.465 e. The lowest BCUT2D eigenvalue weighted by molar-refractivity contribution is -0.135. The van der Waals surface area contributed by atoms with Crippen LogP contribution in [0.15, 0.2) is 40.9 Å². The maximum absolute atomic E-state index is 12.7. The summed E-state index contributed by atoms with van der Waals surface area (Å²) in [5.74, 6) is -0.746. The SMILES string of the molecule is CCCN(CCC)S(=O)(=O)c1ccc(N/C=C(/C#N)C(=O)OC)cc1. The van der Waals surface area contributed by atoms with Crippen LogP contribution in [0.1, 0.15) is 26.7 Å². The molecule has 0 unspecified atom stereocenters. The number of carbonyl (C=O) groups excluding carboxylic acids is 1. The Morgan fingerprint density at radius 1 is 1.24 bits per heavy atom. The van der Waals surface area contributed by atoms with Crippen LogP contribution in [0.2, 0.25) is 0 Å². The molecule has 1 rings (SSSR count). The molecule has 0 heterocycles. The Morgan fingerprint density at radius 3 is 2.24 bits per heavy atom. The largest absolute Gasteiger partial charge is 0.465 e. The molecule has 0 fully saturated rings. The molecule has 1 aromatic rings. The van der Waals surface area contributed by atoms with Gasteiger partial charge in [0.1, 0.15) is 6.07 Å². The summed E-state index contributed by atoms with van der Waals surface area (Å²) in [5.41, 5.74) is 0.365. The van der Waals surface area contributed by atoms with E-state index in [4.69, 9.17) is 5.26 Å². The molecule has 0 amide bonds. The first-order valence-electron chi connectivity index (χ1n) is 7.96. The lowest BCUT2D eigenvalue weighted by Gasteiger charge is -2.21. The van der Waals surface area contributed by atoms with Gasteiger partial charge < -0.3 is 10.1 Å². The average Bonchev–Trinajstić information content (AvgIpc) is 2.62. The Labute approximate surface area is 148 Å². The van der Waals surface area contributed by atoms with Gasteiger partial charge in [-0.15, -0.1) is 0 Å². The number of sulfonamides is 1. The van der Waals surface area contributed by atoms with Crippen molar-refractivity contribution in [2.24, 2.45) is 0 Å². The Kier molecular flexibility index (Phi) is 8.11. The van der Waals surface area contributed by atoms with Crippen molar-refractivity contribution >= 4 is 21.7 Å². The lowest BCUT2D eigenvalue weighted by atomic mass is 10.3. The van der Waals surface area contributed by atoms with Gasteiger partial charge in [-0.1, -0.05) is 13.8 Å². The molecule has 0 aliphatic rings. The normalized spacial score (nSPS) is 11.9. The van der Waals surface area contributed by atoms with Crippen molar-refractivity contribution in [3.63, 3.8) is 0 Å². The molecule has 0 saturated carbocycles. The van der Waals surface area contributed by atoms with Gasteiger partial charge in [0.15, 0.2) is 5.57 Å². The molecule has 136 valence electrons. The molecule has 1 aromatic carbocycles. The van der Waals surface area contributed by atoms with Crippen molar-refractivity contribution in [1.82, 2.24) is 4.31 Å². The summed E-state index contributed by atoms with van der Waals surface area (Å²) in [6.07, 6.45) is 2.71. The van der Waals surface area contributed by atoms with Crippen molar-refractivity contribution in [2.45, 2.75) is 31.6 Å². The number of nitrogens with one attached hydrogen (secondary N) is 1. The van der Waals surface area contributed by atoms with Crippen molar-refractivity contribution < 1.29 is 17.9 Å². The molecule has 25 heavy (non-hydrogen) atoms. The van der Waals surface area contributed by atoms with Crippen LogP contribution in [-0.4, -0.2) is 38.9 Å². The Bertz CT molecular complexity index is 743. The first kappa shape index (κ1) is 20.7. The van der Waals surface area contributed by atoms with Crippen molar-refractivity contribution in [3.05, 3.63) is 36.0 Å². The van der Waals surface area contributed by atoms with E-state index in [1.807, 2.05) is 13.8 Å². The van der Waals surface area contributed by atoms with Gasteiger partial charge in [0.05, 0.1) is 12.0 Å². The smallest absolute Gasteiger partial charge is 0.350 e. The van der Waals surface area contributed by atoms with E-state index >= 15 is 0 Å². The second kappa shape index (κ2) is 9.81. The minimum atomic E-state index is -3.53. The van der Waals surface area contributed by atoms with Crippen LogP contribution in [-0.2, 0) is 19.6 Å². The van der Waals surface area contributed by atoms with Crippen molar-refractivity contribution in [1.29, 1.82) is 5.26 Å². The zero-order chi connectivity index (χ0) is 18.9. The monoisotopic (exact) mass is 365 g/mol. The molecule has 0 spiro atoms. The van der Waals surface area contributed by atoms with Crippen LogP contribution in [0.25, 0.3) is 0 Å². The molecule has 1 N–H and O–H groups in total. The minimum absolute atomic E-state index is 0.184. The number of hydrogen-bond acceptors (Lipinski definition) is 6. The van der Waals surface area contributed by atoms with Gasteiger partial charge in [-0.05, 0) is 37.1 Å². The Balaban J connectivity index is 2.97. The third-order valence-corrected chi connectivity index (χ3v) is 5.26. The van der Waals surface area contributed by atoms with Gasteiger partial charge in [-0.2, -0.15) is 9.57 Å². The molecular weight excluding hydrogens is 342 g/mol. The molecule has 8 heteroatoms. The Hall–Kier alpha value is -2.37. The molecule has 0 radical (unpaired) electrons. The second-order valence-corrected chi connectivity index (χ2v) is 7.17. The predicted octanol–water partition coefficient (Wildman–Crippen LogP) is 2.49. The Morgan fingerprint density at radius 2 is 1.80 bits per heavy atom. The molecule has 0 aliphatic carbocycles.